The molecule has 0 saturated carbocycles. The van der Waals surface area contributed by atoms with Gasteiger partial charge >= 0.3 is 0 Å². The van der Waals surface area contributed by atoms with Crippen molar-refractivity contribution >= 4 is 38.8 Å². The Morgan fingerprint density at radius 2 is 1.55 bits per heavy atom. The molecule has 0 aliphatic rings. The molecule has 0 bridgehead atoms. The predicted molar refractivity (Wildman–Crippen MR) is 136 cm³/mol. The zero-order valence-electron chi connectivity index (χ0n) is 17.9. The average Bonchev–Trinajstić information content (AvgIpc) is 3.21. The number of methoxy groups -OCH3 is 1. The smallest absolute Gasteiger partial charge is 0.267 e. The Bertz CT molecular complexity index is 1430. The van der Waals surface area contributed by atoms with Crippen LogP contribution in [-0.4, -0.2) is 18.0 Å². The lowest BCUT2D eigenvalue weighted by Crippen LogP contribution is -2.11. The topological polar surface area (TPSA) is 77.2 Å². The maximum Gasteiger partial charge on any atom is 0.267 e. The SMILES string of the molecule is COc1ccc(NC(=O)c2sc3nc(-c4ccccc4)cc(-c4ccccc4)c3c2N)cc1. The standard InChI is InChI=1S/C27H21N3O2S/c1-32-20-14-12-19(13-15-20)29-26(31)25-24(28)23-21(17-8-4-2-5-9-17)16-22(30-27(23)33-25)18-10-6-3-7-11-18/h2-16H,28H2,1H3,(H,29,31). The fourth-order valence-corrected chi connectivity index (χ4v) is 4.77. The van der Waals surface area contributed by atoms with Crippen LogP contribution >= 0.6 is 11.3 Å². The van der Waals surface area contributed by atoms with Gasteiger partial charge in [-0.2, -0.15) is 0 Å². The summed E-state index contributed by atoms with van der Waals surface area (Å²) in [5, 5.41) is 3.72. The first kappa shape index (κ1) is 20.7. The summed E-state index contributed by atoms with van der Waals surface area (Å²) in [6.45, 7) is 0. The molecule has 0 spiro atoms. The number of rotatable bonds is 5. The Balaban J connectivity index is 1.62. The summed E-state index contributed by atoms with van der Waals surface area (Å²) < 4.78 is 5.18. The number of aromatic nitrogens is 1. The van der Waals surface area contributed by atoms with E-state index in [0.29, 0.717) is 16.3 Å². The number of nitrogens with two attached hydrogens (primary N) is 1. The van der Waals surface area contributed by atoms with Crippen molar-refractivity contribution in [1.82, 2.24) is 4.98 Å². The van der Waals surface area contributed by atoms with Crippen LogP contribution in [0.1, 0.15) is 9.67 Å². The third-order valence-electron chi connectivity index (χ3n) is 5.41. The maximum atomic E-state index is 13.1. The molecule has 5 rings (SSSR count). The van der Waals surface area contributed by atoms with Gasteiger partial charge in [0.25, 0.3) is 5.91 Å². The van der Waals surface area contributed by atoms with Crippen LogP contribution in [0.2, 0.25) is 0 Å². The number of nitrogens with one attached hydrogen (secondary N) is 1. The minimum absolute atomic E-state index is 0.263. The van der Waals surface area contributed by atoms with Crippen LogP contribution in [0.5, 0.6) is 5.75 Å². The fourth-order valence-electron chi connectivity index (χ4n) is 3.75. The number of hydrogen-bond acceptors (Lipinski definition) is 5. The molecule has 0 atom stereocenters. The van der Waals surface area contributed by atoms with Crippen molar-refractivity contribution in [2.45, 2.75) is 0 Å². The number of pyridine rings is 1. The van der Waals surface area contributed by atoms with Gasteiger partial charge in [0.15, 0.2) is 0 Å². The van der Waals surface area contributed by atoms with Crippen LogP contribution in [0.25, 0.3) is 32.6 Å². The van der Waals surface area contributed by atoms with Crippen molar-refractivity contribution in [2.75, 3.05) is 18.2 Å². The Morgan fingerprint density at radius 3 is 2.18 bits per heavy atom. The number of amides is 1. The summed E-state index contributed by atoms with van der Waals surface area (Å²) in [4.78, 5) is 19.2. The Hall–Kier alpha value is -4.16. The number of hydrogen-bond donors (Lipinski definition) is 2. The first-order valence-corrected chi connectivity index (χ1v) is 11.2. The number of nitrogen functional groups attached to an aromatic ring is 1. The van der Waals surface area contributed by atoms with Crippen LogP contribution in [0, 0.1) is 0 Å². The second-order valence-corrected chi connectivity index (χ2v) is 8.49. The summed E-state index contributed by atoms with van der Waals surface area (Å²) in [6.07, 6.45) is 0. The van der Waals surface area contributed by atoms with Gasteiger partial charge < -0.3 is 15.8 Å². The summed E-state index contributed by atoms with van der Waals surface area (Å²) in [6, 6.07) is 29.3. The molecule has 0 unspecified atom stereocenters. The second kappa shape index (κ2) is 8.76. The lowest BCUT2D eigenvalue weighted by molar-refractivity contribution is 0.103. The Morgan fingerprint density at radius 1 is 0.909 bits per heavy atom. The number of anilines is 2. The molecule has 3 N–H and O–H groups in total. The molecule has 0 aliphatic heterocycles. The third-order valence-corrected chi connectivity index (χ3v) is 6.51. The van der Waals surface area contributed by atoms with Crippen molar-refractivity contribution in [1.29, 1.82) is 0 Å². The van der Waals surface area contributed by atoms with Crippen molar-refractivity contribution in [2.24, 2.45) is 0 Å². The van der Waals surface area contributed by atoms with Gasteiger partial charge in [-0.15, -0.1) is 11.3 Å². The van der Waals surface area contributed by atoms with E-state index < -0.39 is 0 Å². The lowest BCUT2D eigenvalue weighted by atomic mass is 9.99. The molecule has 5 aromatic rings. The van der Waals surface area contributed by atoms with E-state index in [1.54, 1.807) is 31.4 Å². The average molecular weight is 452 g/mol. The van der Waals surface area contributed by atoms with Gasteiger partial charge in [-0.1, -0.05) is 60.7 Å². The van der Waals surface area contributed by atoms with E-state index in [2.05, 4.69) is 5.32 Å². The van der Waals surface area contributed by atoms with E-state index in [4.69, 9.17) is 15.5 Å². The molecule has 3 aromatic carbocycles. The first-order chi connectivity index (χ1) is 16.1. The van der Waals surface area contributed by atoms with E-state index >= 15 is 0 Å². The summed E-state index contributed by atoms with van der Waals surface area (Å²) in [5.41, 5.74) is 11.5. The van der Waals surface area contributed by atoms with Gasteiger partial charge in [0.2, 0.25) is 0 Å². The molecule has 0 fully saturated rings. The van der Waals surface area contributed by atoms with Gasteiger partial charge in [-0.25, -0.2) is 4.98 Å². The number of thiophene rings is 1. The van der Waals surface area contributed by atoms with Crippen molar-refractivity contribution in [3.63, 3.8) is 0 Å². The largest absolute Gasteiger partial charge is 0.497 e. The van der Waals surface area contributed by atoms with Crippen molar-refractivity contribution < 1.29 is 9.53 Å². The molecular weight excluding hydrogens is 430 g/mol. The second-order valence-electron chi connectivity index (χ2n) is 7.49. The molecule has 0 saturated heterocycles. The molecule has 2 heterocycles. The number of ether oxygens (including phenoxy) is 1. The summed E-state index contributed by atoms with van der Waals surface area (Å²) >= 11 is 1.30. The number of benzene rings is 3. The van der Waals surface area contributed by atoms with Gasteiger partial charge in [-0.3, -0.25) is 4.79 Å². The number of carbonyl (C=O) groups is 1. The molecular formula is C27H21N3O2S. The molecule has 162 valence electrons. The zero-order chi connectivity index (χ0) is 22.8. The molecule has 0 radical (unpaired) electrons. The predicted octanol–water partition coefficient (Wildman–Crippen LogP) is 6.47. The van der Waals surface area contributed by atoms with Gasteiger partial charge in [0.1, 0.15) is 15.5 Å². The van der Waals surface area contributed by atoms with Gasteiger partial charge in [0.05, 0.1) is 18.5 Å². The maximum absolute atomic E-state index is 13.1. The summed E-state index contributed by atoms with van der Waals surface area (Å²) in [7, 11) is 1.60. The van der Waals surface area contributed by atoms with Crippen LogP contribution in [0.15, 0.2) is 91.0 Å². The normalized spacial score (nSPS) is 10.8. The molecule has 2 aromatic heterocycles. The number of fused-ring (bicyclic) bond motifs is 1. The lowest BCUT2D eigenvalue weighted by Gasteiger charge is -2.09. The van der Waals surface area contributed by atoms with Crippen LogP contribution in [-0.2, 0) is 0 Å². The van der Waals surface area contributed by atoms with Crippen molar-refractivity contribution in [3.05, 3.63) is 95.9 Å². The quantitative estimate of drug-likeness (QED) is 0.321. The number of nitrogens with zero attached hydrogens (tertiary/aromatic N) is 1. The molecule has 1 amide bonds. The highest BCUT2D eigenvalue weighted by Gasteiger charge is 2.21. The highest BCUT2D eigenvalue weighted by atomic mass is 32.1. The summed E-state index contributed by atoms with van der Waals surface area (Å²) in [5.74, 6) is 0.459. The van der Waals surface area contributed by atoms with Crippen molar-refractivity contribution in [3.8, 4) is 28.1 Å². The monoisotopic (exact) mass is 451 g/mol. The highest BCUT2D eigenvalue weighted by molar-refractivity contribution is 7.21. The number of carbonyl (C=O) groups excluding carboxylic acids is 1. The zero-order valence-corrected chi connectivity index (χ0v) is 18.7. The van der Waals surface area contributed by atoms with Crippen LogP contribution in [0.4, 0.5) is 11.4 Å². The van der Waals surface area contributed by atoms with Crippen LogP contribution < -0.4 is 15.8 Å². The minimum Gasteiger partial charge on any atom is -0.497 e. The molecule has 0 aliphatic carbocycles. The van der Waals surface area contributed by atoms with E-state index in [0.717, 1.165) is 38.4 Å². The van der Waals surface area contributed by atoms with Crippen LogP contribution in [0.3, 0.4) is 0 Å². The Labute approximate surface area is 195 Å². The Kier molecular flexibility index (Phi) is 5.50. The first-order valence-electron chi connectivity index (χ1n) is 10.4. The van der Waals surface area contributed by atoms with E-state index in [9.17, 15) is 4.79 Å². The molecule has 5 nitrogen and oxygen atoms in total. The molecule has 33 heavy (non-hydrogen) atoms. The molecule has 6 heteroatoms. The van der Waals surface area contributed by atoms with Gasteiger partial charge in [0, 0.05) is 16.6 Å². The fraction of sp³-hybridized carbons (Fsp3) is 0.0370. The minimum atomic E-state index is -0.263. The van der Waals surface area contributed by atoms with E-state index in [1.807, 2.05) is 66.7 Å². The van der Waals surface area contributed by atoms with E-state index in [-0.39, 0.29) is 5.91 Å². The van der Waals surface area contributed by atoms with Gasteiger partial charge in [-0.05, 0) is 41.5 Å². The highest BCUT2D eigenvalue weighted by Crippen LogP contribution is 2.41. The van der Waals surface area contributed by atoms with E-state index in [1.165, 1.54) is 11.3 Å². The third kappa shape index (κ3) is 4.04.